The molecule has 2 unspecified atom stereocenters. The summed E-state index contributed by atoms with van der Waals surface area (Å²) in [6, 6.07) is 17.3. The van der Waals surface area contributed by atoms with Gasteiger partial charge in [-0.15, -0.1) is 0 Å². The maximum atomic E-state index is 4.46. The van der Waals surface area contributed by atoms with E-state index in [1.54, 1.807) is 0 Å². The highest BCUT2D eigenvalue weighted by atomic mass is 14.9. The fourth-order valence-corrected chi connectivity index (χ4v) is 2.49. The van der Waals surface area contributed by atoms with Crippen LogP contribution in [0.1, 0.15) is 37.4 Å². The van der Waals surface area contributed by atoms with E-state index in [2.05, 4.69) is 66.6 Å². The third-order valence-electron chi connectivity index (χ3n) is 3.74. The number of hydrogen-bond donors (Lipinski definition) is 1. The topological polar surface area (TPSA) is 24.9 Å². The number of hydrogen-bond acceptors (Lipinski definition) is 2. The fraction of sp³-hybridized carbons (Fsp3) is 0.389. The van der Waals surface area contributed by atoms with E-state index >= 15 is 0 Å². The van der Waals surface area contributed by atoms with Crippen LogP contribution in [0.5, 0.6) is 0 Å². The van der Waals surface area contributed by atoms with Crippen molar-refractivity contribution in [2.24, 2.45) is 0 Å². The lowest BCUT2D eigenvalue weighted by Gasteiger charge is -2.25. The average Bonchev–Trinajstić information content (AvgIpc) is 2.52. The van der Waals surface area contributed by atoms with Crippen LogP contribution in [0.4, 0.5) is 0 Å². The summed E-state index contributed by atoms with van der Waals surface area (Å²) in [7, 11) is 0. The maximum Gasteiger partial charge on any atom is 0.0419 e. The lowest BCUT2D eigenvalue weighted by Crippen LogP contribution is -2.36. The number of aromatic nitrogens is 1. The zero-order chi connectivity index (χ0) is 14.2. The minimum Gasteiger partial charge on any atom is -0.313 e. The SMILES string of the molecule is CCCNC(Cc1ccccn1)C(C)c1ccccc1. The summed E-state index contributed by atoms with van der Waals surface area (Å²) in [4.78, 5) is 4.46. The first-order chi connectivity index (χ1) is 9.81. The van der Waals surface area contributed by atoms with Crippen LogP contribution in [0.2, 0.25) is 0 Å². The van der Waals surface area contributed by atoms with Crippen molar-refractivity contribution in [3.05, 3.63) is 66.0 Å². The first-order valence-electron chi connectivity index (χ1n) is 7.49. The smallest absolute Gasteiger partial charge is 0.0419 e. The highest BCUT2D eigenvalue weighted by Gasteiger charge is 2.18. The summed E-state index contributed by atoms with van der Waals surface area (Å²) in [5.74, 6) is 0.477. The molecule has 1 N–H and O–H groups in total. The molecule has 0 fully saturated rings. The van der Waals surface area contributed by atoms with Crippen LogP contribution in [-0.4, -0.2) is 17.6 Å². The predicted octanol–water partition coefficient (Wildman–Crippen LogP) is 3.80. The van der Waals surface area contributed by atoms with Crippen molar-refractivity contribution >= 4 is 0 Å². The first-order valence-corrected chi connectivity index (χ1v) is 7.49. The van der Waals surface area contributed by atoms with E-state index in [0.717, 1.165) is 25.1 Å². The van der Waals surface area contributed by atoms with Crippen LogP contribution in [0.3, 0.4) is 0 Å². The van der Waals surface area contributed by atoms with Crippen molar-refractivity contribution in [3.63, 3.8) is 0 Å². The molecule has 1 aromatic heterocycles. The summed E-state index contributed by atoms with van der Waals surface area (Å²) < 4.78 is 0. The summed E-state index contributed by atoms with van der Waals surface area (Å²) >= 11 is 0. The Hall–Kier alpha value is -1.67. The molecule has 20 heavy (non-hydrogen) atoms. The van der Waals surface area contributed by atoms with E-state index in [-0.39, 0.29) is 0 Å². The molecule has 2 atom stereocenters. The minimum absolute atomic E-state index is 0.423. The molecule has 0 bridgehead atoms. The van der Waals surface area contributed by atoms with Gasteiger partial charge < -0.3 is 5.32 Å². The third-order valence-corrected chi connectivity index (χ3v) is 3.74. The molecule has 0 saturated heterocycles. The van der Waals surface area contributed by atoms with Crippen LogP contribution in [0.15, 0.2) is 54.7 Å². The van der Waals surface area contributed by atoms with E-state index in [1.165, 1.54) is 5.56 Å². The first kappa shape index (κ1) is 14.7. The molecule has 0 spiro atoms. The van der Waals surface area contributed by atoms with Crippen molar-refractivity contribution < 1.29 is 0 Å². The van der Waals surface area contributed by atoms with Crippen molar-refractivity contribution in [1.29, 1.82) is 0 Å². The van der Waals surface area contributed by atoms with E-state index in [4.69, 9.17) is 0 Å². The van der Waals surface area contributed by atoms with Gasteiger partial charge in [0.1, 0.15) is 0 Å². The fourth-order valence-electron chi connectivity index (χ4n) is 2.49. The Bertz CT molecular complexity index is 481. The van der Waals surface area contributed by atoms with Crippen LogP contribution in [-0.2, 0) is 6.42 Å². The molecule has 2 nitrogen and oxygen atoms in total. The Morgan fingerprint density at radius 2 is 1.80 bits per heavy atom. The second-order valence-electron chi connectivity index (χ2n) is 5.29. The van der Waals surface area contributed by atoms with Crippen molar-refractivity contribution in [1.82, 2.24) is 10.3 Å². The molecular formula is C18H24N2. The summed E-state index contributed by atoms with van der Waals surface area (Å²) in [6.45, 7) is 5.55. The van der Waals surface area contributed by atoms with E-state index in [9.17, 15) is 0 Å². The molecule has 0 aliphatic rings. The van der Waals surface area contributed by atoms with Gasteiger partial charge in [-0.3, -0.25) is 4.98 Å². The standard InChI is InChI=1S/C18H24N2/c1-3-12-20-18(14-17-11-7-8-13-19-17)15(2)16-9-5-4-6-10-16/h4-11,13,15,18,20H,3,12,14H2,1-2H3. The Kier molecular flexibility index (Phi) is 5.75. The largest absolute Gasteiger partial charge is 0.313 e. The van der Waals surface area contributed by atoms with Crippen LogP contribution in [0, 0.1) is 0 Å². The average molecular weight is 268 g/mol. The lowest BCUT2D eigenvalue weighted by molar-refractivity contribution is 0.443. The number of nitrogens with zero attached hydrogens (tertiary/aromatic N) is 1. The van der Waals surface area contributed by atoms with Gasteiger partial charge in [0.25, 0.3) is 0 Å². The molecule has 2 rings (SSSR count). The minimum atomic E-state index is 0.423. The van der Waals surface area contributed by atoms with E-state index in [1.807, 2.05) is 12.3 Å². The molecule has 0 aliphatic heterocycles. The Morgan fingerprint density at radius 3 is 2.45 bits per heavy atom. The predicted molar refractivity (Wildman–Crippen MR) is 84.9 cm³/mol. The molecular weight excluding hydrogens is 244 g/mol. The normalized spacial score (nSPS) is 13.9. The second kappa shape index (κ2) is 7.81. The molecule has 106 valence electrons. The molecule has 1 heterocycles. The third kappa shape index (κ3) is 4.17. The number of benzene rings is 1. The van der Waals surface area contributed by atoms with E-state index in [0.29, 0.717) is 12.0 Å². The number of rotatable bonds is 7. The Balaban J connectivity index is 2.10. The van der Waals surface area contributed by atoms with Gasteiger partial charge in [0, 0.05) is 24.4 Å². The van der Waals surface area contributed by atoms with Crippen molar-refractivity contribution in [2.45, 2.75) is 38.6 Å². The van der Waals surface area contributed by atoms with Gasteiger partial charge in [-0.05, 0) is 36.6 Å². The van der Waals surface area contributed by atoms with Gasteiger partial charge in [-0.25, -0.2) is 0 Å². The molecule has 1 aromatic carbocycles. The van der Waals surface area contributed by atoms with Gasteiger partial charge in [0.15, 0.2) is 0 Å². The number of pyridine rings is 1. The van der Waals surface area contributed by atoms with E-state index < -0.39 is 0 Å². The Morgan fingerprint density at radius 1 is 1.05 bits per heavy atom. The monoisotopic (exact) mass is 268 g/mol. The highest BCUT2D eigenvalue weighted by molar-refractivity contribution is 5.21. The lowest BCUT2D eigenvalue weighted by atomic mass is 9.90. The molecule has 2 aromatic rings. The molecule has 2 heteroatoms. The molecule has 0 saturated carbocycles. The van der Waals surface area contributed by atoms with Gasteiger partial charge in [-0.2, -0.15) is 0 Å². The summed E-state index contributed by atoms with van der Waals surface area (Å²) in [6.07, 6.45) is 4.00. The molecule has 0 aliphatic carbocycles. The molecule has 0 amide bonds. The zero-order valence-electron chi connectivity index (χ0n) is 12.4. The van der Waals surface area contributed by atoms with Crippen LogP contribution < -0.4 is 5.32 Å². The number of nitrogens with one attached hydrogen (secondary N) is 1. The summed E-state index contributed by atoms with van der Waals surface area (Å²) in [5.41, 5.74) is 2.54. The maximum absolute atomic E-state index is 4.46. The van der Waals surface area contributed by atoms with Gasteiger partial charge in [0.05, 0.1) is 0 Å². The van der Waals surface area contributed by atoms with Crippen LogP contribution in [0.25, 0.3) is 0 Å². The molecule has 0 radical (unpaired) electrons. The van der Waals surface area contributed by atoms with Gasteiger partial charge in [0.2, 0.25) is 0 Å². The van der Waals surface area contributed by atoms with Gasteiger partial charge >= 0.3 is 0 Å². The highest BCUT2D eigenvalue weighted by Crippen LogP contribution is 2.21. The summed E-state index contributed by atoms with van der Waals surface area (Å²) in [5, 5.41) is 3.68. The quantitative estimate of drug-likeness (QED) is 0.826. The van der Waals surface area contributed by atoms with Gasteiger partial charge in [-0.1, -0.05) is 50.2 Å². The Labute approximate surface area is 122 Å². The van der Waals surface area contributed by atoms with Crippen LogP contribution >= 0.6 is 0 Å². The van der Waals surface area contributed by atoms with Crippen molar-refractivity contribution in [2.75, 3.05) is 6.54 Å². The zero-order valence-corrected chi connectivity index (χ0v) is 12.4. The second-order valence-corrected chi connectivity index (χ2v) is 5.29. The van der Waals surface area contributed by atoms with Crippen molar-refractivity contribution in [3.8, 4) is 0 Å².